The first-order chi connectivity index (χ1) is 10.3. The smallest absolute Gasteiger partial charge is 0.165 e. The predicted octanol–water partition coefficient (Wildman–Crippen LogP) is 3.79. The first kappa shape index (κ1) is 14.7. The maximum absolute atomic E-state index is 6.30. The zero-order valence-electron chi connectivity index (χ0n) is 13.1. The van der Waals surface area contributed by atoms with E-state index in [0.717, 1.165) is 37.2 Å². The molecule has 0 amide bonds. The summed E-state index contributed by atoms with van der Waals surface area (Å²) in [5.74, 6) is 1.81. The molecule has 2 N–H and O–H groups in total. The van der Waals surface area contributed by atoms with Crippen molar-refractivity contribution in [2.24, 2.45) is 5.73 Å². The van der Waals surface area contributed by atoms with Crippen molar-refractivity contribution in [3.8, 4) is 11.5 Å². The molecule has 0 unspecified atom stereocenters. The third kappa shape index (κ3) is 2.76. The van der Waals surface area contributed by atoms with Gasteiger partial charge in [0.2, 0.25) is 0 Å². The minimum Gasteiger partial charge on any atom is -0.493 e. The zero-order chi connectivity index (χ0) is 14.7. The van der Waals surface area contributed by atoms with E-state index >= 15 is 0 Å². The molecule has 0 atom stereocenters. The Balaban J connectivity index is 1.98. The summed E-state index contributed by atoms with van der Waals surface area (Å²) in [4.78, 5) is 0. The Bertz CT molecular complexity index is 476. The third-order valence-electron chi connectivity index (χ3n) is 5.31. The lowest BCUT2D eigenvalue weighted by Crippen LogP contribution is -2.38. The summed E-state index contributed by atoms with van der Waals surface area (Å²) in [6.07, 6.45) is 10.1. The molecule has 116 valence electrons. The average molecular weight is 289 g/mol. The molecule has 0 aliphatic heterocycles. The van der Waals surface area contributed by atoms with E-state index in [4.69, 9.17) is 15.2 Å². The van der Waals surface area contributed by atoms with Crippen molar-refractivity contribution < 1.29 is 9.47 Å². The van der Waals surface area contributed by atoms with Crippen LogP contribution in [0.15, 0.2) is 18.2 Å². The van der Waals surface area contributed by atoms with Crippen LogP contribution in [0.3, 0.4) is 0 Å². The zero-order valence-corrected chi connectivity index (χ0v) is 13.1. The highest BCUT2D eigenvalue weighted by Crippen LogP contribution is 2.46. The van der Waals surface area contributed by atoms with Gasteiger partial charge >= 0.3 is 0 Å². The summed E-state index contributed by atoms with van der Waals surface area (Å²) in [6.45, 7) is 0.696. The highest BCUT2D eigenvalue weighted by atomic mass is 16.5. The van der Waals surface area contributed by atoms with Gasteiger partial charge in [-0.2, -0.15) is 0 Å². The van der Waals surface area contributed by atoms with Gasteiger partial charge < -0.3 is 15.2 Å². The van der Waals surface area contributed by atoms with Crippen LogP contribution >= 0.6 is 0 Å². The fraction of sp³-hybridized carbons (Fsp3) is 0.667. The Kier molecular flexibility index (Phi) is 4.39. The van der Waals surface area contributed by atoms with Gasteiger partial charge in [-0.1, -0.05) is 31.4 Å². The maximum Gasteiger partial charge on any atom is 0.165 e. The van der Waals surface area contributed by atoms with Crippen molar-refractivity contribution in [2.45, 2.75) is 62.9 Å². The van der Waals surface area contributed by atoms with Gasteiger partial charge in [-0.15, -0.1) is 0 Å². The molecule has 0 bridgehead atoms. The molecule has 3 heteroatoms. The lowest BCUT2D eigenvalue weighted by molar-refractivity contribution is 0.111. The Morgan fingerprint density at radius 3 is 2.48 bits per heavy atom. The molecule has 2 saturated carbocycles. The molecule has 21 heavy (non-hydrogen) atoms. The number of hydrogen-bond donors (Lipinski definition) is 1. The van der Waals surface area contributed by atoms with Gasteiger partial charge in [-0.25, -0.2) is 0 Å². The lowest BCUT2D eigenvalue weighted by Gasteiger charge is -2.39. The highest BCUT2D eigenvalue weighted by molar-refractivity contribution is 5.51. The molecule has 3 nitrogen and oxygen atoms in total. The van der Waals surface area contributed by atoms with Crippen LogP contribution in [-0.2, 0) is 5.41 Å². The van der Waals surface area contributed by atoms with Crippen molar-refractivity contribution in [1.82, 2.24) is 0 Å². The van der Waals surface area contributed by atoms with Crippen LogP contribution in [-0.4, -0.2) is 19.8 Å². The van der Waals surface area contributed by atoms with Gasteiger partial charge in [-0.3, -0.25) is 0 Å². The first-order valence-electron chi connectivity index (χ1n) is 8.33. The van der Waals surface area contributed by atoms with Crippen LogP contribution < -0.4 is 15.2 Å². The summed E-state index contributed by atoms with van der Waals surface area (Å²) in [5, 5.41) is 0. The molecular formula is C18H27NO2. The van der Waals surface area contributed by atoms with Gasteiger partial charge in [-0.05, 0) is 38.2 Å². The van der Waals surface area contributed by atoms with E-state index in [2.05, 4.69) is 12.1 Å². The standard InChI is InChI=1S/C18H27NO2/c1-20-16-10-6-9-15(17(16)21-14-7-5-8-14)18(13-19)11-3-2-4-12-18/h6,9-10,14H,2-5,7-8,11-13,19H2,1H3. The quantitative estimate of drug-likeness (QED) is 0.897. The fourth-order valence-electron chi connectivity index (χ4n) is 3.68. The molecule has 0 aromatic heterocycles. The molecule has 2 aliphatic rings. The molecule has 0 spiro atoms. The maximum atomic E-state index is 6.30. The third-order valence-corrected chi connectivity index (χ3v) is 5.31. The van der Waals surface area contributed by atoms with Gasteiger partial charge in [0.25, 0.3) is 0 Å². The predicted molar refractivity (Wildman–Crippen MR) is 85.1 cm³/mol. The normalized spacial score (nSPS) is 21.6. The Hall–Kier alpha value is -1.22. The van der Waals surface area contributed by atoms with Crippen molar-refractivity contribution in [3.05, 3.63) is 23.8 Å². The fourth-order valence-corrected chi connectivity index (χ4v) is 3.68. The molecule has 2 fully saturated rings. The topological polar surface area (TPSA) is 44.5 Å². The Morgan fingerprint density at radius 1 is 1.14 bits per heavy atom. The average Bonchev–Trinajstić information content (AvgIpc) is 2.51. The molecule has 1 aromatic rings. The number of ether oxygens (including phenoxy) is 2. The van der Waals surface area contributed by atoms with Crippen molar-refractivity contribution in [2.75, 3.05) is 13.7 Å². The summed E-state index contributed by atoms with van der Waals surface area (Å²) >= 11 is 0. The van der Waals surface area contributed by atoms with Gasteiger partial charge in [0.15, 0.2) is 11.5 Å². The Labute approximate surface area is 127 Å². The van der Waals surface area contributed by atoms with E-state index in [9.17, 15) is 0 Å². The molecule has 0 heterocycles. The lowest BCUT2D eigenvalue weighted by atomic mass is 9.69. The molecule has 0 radical (unpaired) electrons. The number of rotatable bonds is 5. The highest BCUT2D eigenvalue weighted by Gasteiger charge is 2.37. The molecule has 1 aromatic carbocycles. The van der Waals surface area contributed by atoms with E-state index in [1.54, 1.807) is 7.11 Å². The van der Waals surface area contributed by atoms with Crippen LogP contribution in [0.25, 0.3) is 0 Å². The minimum absolute atomic E-state index is 0.0753. The number of nitrogens with two attached hydrogens (primary N) is 1. The van der Waals surface area contributed by atoms with Gasteiger partial charge in [0.1, 0.15) is 0 Å². The molecular weight excluding hydrogens is 262 g/mol. The SMILES string of the molecule is COc1cccc(C2(CN)CCCCC2)c1OC1CCC1. The Morgan fingerprint density at radius 2 is 1.90 bits per heavy atom. The summed E-state index contributed by atoms with van der Waals surface area (Å²) < 4.78 is 11.9. The second-order valence-electron chi connectivity index (χ2n) is 6.55. The van der Waals surface area contributed by atoms with Crippen LogP contribution in [0, 0.1) is 0 Å². The summed E-state index contributed by atoms with van der Waals surface area (Å²) in [5.41, 5.74) is 7.56. The van der Waals surface area contributed by atoms with Crippen molar-refractivity contribution in [1.29, 1.82) is 0 Å². The number of para-hydroxylation sites is 1. The van der Waals surface area contributed by atoms with E-state index < -0.39 is 0 Å². The van der Waals surface area contributed by atoms with Crippen molar-refractivity contribution in [3.63, 3.8) is 0 Å². The first-order valence-corrected chi connectivity index (χ1v) is 8.33. The largest absolute Gasteiger partial charge is 0.493 e. The molecule has 3 rings (SSSR count). The van der Waals surface area contributed by atoms with Crippen LogP contribution in [0.1, 0.15) is 56.9 Å². The van der Waals surface area contributed by atoms with Gasteiger partial charge in [0.05, 0.1) is 13.2 Å². The number of hydrogen-bond acceptors (Lipinski definition) is 3. The van der Waals surface area contributed by atoms with E-state index in [1.807, 2.05) is 6.07 Å². The molecule has 2 aliphatic carbocycles. The minimum atomic E-state index is 0.0753. The number of benzene rings is 1. The monoisotopic (exact) mass is 289 g/mol. The summed E-state index contributed by atoms with van der Waals surface area (Å²) in [6, 6.07) is 6.28. The number of methoxy groups -OCH3 is 1. The summed E-state index contributed by atoms with van der Waals surface area (Å²) in [7, 11) is 1.72. The van der Waals surface area contributed by atoms with E-state index in [0.29, 0.717) is 12.6 Å². The van der Waals surface area contributed by atoms with Gasteiger partial charge in [0, 0.05) is 17.5 Å². The van der Waals surface area contributed by atoms with Crippen LogP contribution in [0.5, 0.6) is 11.5 Å². The van der Waals surface area contributed by atoms with E-state index in [1.165, 1.54) is 31.2 Å². The second-order valence-corrected chi connectivity index (χ2v) is 6.55. The second kappa shape index (κ2) is 6.27. The molecule has 0 saturated heterocycles. The van der Waals surface area contributed by atoms with Crippen LogP contribution in [0.4, 0.5) is 0 Å². The van der Waals surface area contributed by atoms with Crippen LogP contribution in [0.2, 0.25) is 0 Å². The van der Waals surface area contributed by atoms with E-state index in [-0.39, 0.29) is 5.41 Å². The van der Waals surface area contributed by atoms with Crippen molar-refractivity contribution >= 4 is 0 Å².